The molecule has 0 saturated carbocycles. The number of piperazine rings is 1. The molecule has 1 fully saturated rings. The van der Waals surface area contributed by atoms with E-state index in [9.17, 15) is 4.79 Å². The first kappa shape index (κ1) is 14.1. The molecule has 5 nitrogen and oxygen atoms in total. The quantitative estimate of drug-likeness (QED) is 0.877. The lowest BCUT2D eigenvalue weighted by Gasteiger charge is -2.38. The van der Waals surface area contributed by atoms with Crippen LogP contribution in [0.3, 0.4) is 0 Å². The number of amides is 1. The maximum Gasteiger partial charge on any atom is 0.274 e. The fraction of sp³-hybridized carbons (Fsp3) is 0.714. The minimum atomic E-state index is 0.0448. The Morgan fingerprint density at radius 3 is 2.74 bits per heavy atom. The molecule has 2 heterocycles. The Morgan fingerprint density at radius 2 is 2.16 bits per heavy atom. The molecule has 1 saturated heterocycles. The third-order valence-corrected chi connectivity index (χ3v) is 4.02. The van der Waals surface area contributed by atoms with Gasteiger partial charge in [-0.25, -0.2) is 0 Å². The van der Waals surface area contributed by atoms with Crippen molar-refractivity contribution < 1.29 is 4.79 Å². The maximum atomic E-state index is 12.6. The molecule has 19 heavy (non-hydrogen) atoms. The van der Waals surface area contributed by atoms with E-state index in [1.54, 1.807) is 0 Å². The number of aromatic nitrogens is 2. The molecular formula is C14H24N4O. The highest BCUT2D eigenvalue weighted by atomic mass is 16.2. The number of nitrogens with zero attached hydrogens (tertiary/aromatic N) is 3. The summed E-state index contributed by atoms with van der Waals surface area (Å²) in [7, 11) is 1.90. The highest BCUT2D eigenvalue weighted by Crippen LogP contribution is 2.18. The molecule has 1 amide bonds. The third-order valence-electron chi connectivity index (χ3n) is 4.02. The first-order valence-electron chi connectivity index (χ1n) is 7.00. The van der Waals surface area contributed by atoms with Crippen molar-refractivity contribution in [3.8, 4) is 0 Å². The normalized spacial score (nSPS) is 24.0. The van der Waals surface area contributed by atoms with Gasteiger partial charge in [-0.15, -0.1) is 0 Å². The lowest BCUT2D eigenvalue weighted by molar-refractivity contribution is 0.0596. The molecule has 0 aromatic carbocycles. The van der Waals surface area contributed by atoms with E-state index in [1.807, 2.05) is 22.7 Å². The minimum Gasteiger partial charge on any atom is -0.332 e. The molecule has 2 atom stereocenters. The summed E-state index contributed by atoms with van der Waals surface area (Å²) in [6.07, 6.45) is 0. The predicted octanol–water partition coefficient (Wildman–Crippen LogP) is 1.37. The van der Waals surface area contributed by atoms with Gasteiger partial charge in [0.15, 0.2) is 5.69 Å². The zero-order chi connectivity index (χ0) is 14.2. The Labute approximate surface area is 115 Å². The van der Waals surface area contributed by atoms with E-state index in [2.05, 4.69) is 38.1 Å². The average Bonchev–Trinajstić information content (AvgIpc) is 2.74. The molecule has 2 unspecified atom stereocenters. The molecule has 5 heteroatoms. The second-order valence-corrected chi connectivity index (χ2v) is 5.71. The van der Waals surface area contributed by atoms with Crippen molar-refractivity contribution in [2.45, 2.75) is 45.7 Å². The topological polar surface area (TPSA) is 50.2 Å². The van der Waals surface area contributed by atoms with E-state index in [-0.39, 0.29) is 11.9 Å². The number of carbonyl (C=O) groups is 1. The van der Waals surface area contributed by atoms with Crippen LogP contribution >= 0.6 is 0 Å². The monoisotopic (exact) mass is 264 g/mol. The fourth-order valence-corrected chi connectivity index (χ4v) is 2.62. The Balaban J connectivity index is 2.21. The van der Waals surface area contributed by atoms with Crippen LogP contribution in [0.2, 0.25) is 0 Å². The second kappa shape index (κ2) is 5.33. The Kier molecular flexibility index (Phi) is 3.94. The van der Waals surface area contributed by atoms with E-state index >= 15 is 0 Å². The third kappa shape index (κ3) is 2.66. The van der Waals surface area contributed by atoms with Crippen molar-refractivity contribution in [1.82, 2.24) is 20.0 Å². The number of rotatable bonds is 2. The van der Waals surface area contributed by atoms with E-state index in [0.29, 0.717) is 17.7 Å². The first-order valence-corrected chi connectivity index (χ1v) is 7.00. The van der Waals surface area contributed by atoms with Crippen LogP contribution in [0.5, 0.6) is 0 Å². The van der Waals surface area contributed by atoms with Gasteiger partial charge in [0, 0.05) is 37.9 Å². The molecule has 1 aromatic heterocycles. The van der Waals surface area contributed by atoms with Gasteiger partial charge in [-0.3, -0.25) is 9.48 Å². The first-order chi connectivity index (χ1) is 8.91. The Hall–Kier alpha value is -1.36. The maximum absolute atomic E-state index is 12.6. The van der Waals surface area contributed by atoms with Crippen molar-refractivity contribution in [2.24, 2.45) is 7.05 Å². The lowest BCUT2D eigenvalue weighted by Crippen LogP contribution is -2.57. The van der Waals surface area contributed by atoms with Gasteiger partial charge in [-0.1, -0.05) is 13.8 Å². The van der Waals surface area contributed by atoms with Gasteiger partial charge in [-0.2, -0.15) is 5.10 Å². The SMILES string of the molecule is CC(C)c1cc(C(=O)N2CCNC(C)C2C)nn1C. The van der Waals surface area contributed by atoms with Gasteiger partial charge in [0.2, 0.25) is 0 Å². The summed E-state index contributed by atoms with van der Waals surface area (Å²) in [6.45, 7) is 10.0. The van der Waals surface area contributed by atoms with Crippen LogP contribution in [-0.2, 0) is 7.05 Å². The van der Waals surface area contributed by atoms with E-state index < -0.39 is 0 Å². The van der Waals surface area contributed by atoms with E-state index in [4.69, 9.17) is 0 Å². The Bertz CT molecular complexity index is 466. The van der Waals surface area contributed by atoms with Crippen LogP contribution in [0.4, 0.5) is 0 Å². The number of nitrogens with one attached hydrogen (secondary N) is 1. The van der Waals surface area contributed by atoms with Gasteiger partial charge in [0.05, 0.1) is 0 Å². The molecule has 0 bridgehead atoms. The molecule has 0 aliphatic carbocycles. The summed E-state index contributed by atoms with van der Waals surface area (Å²) in [5, 5.41) is 7.75. The highest BCUT2D eigenvalue weighted by Gasteiger charge is 2.30. The minimum absolute atomic E-state index is 0.0448. The number of hydrogen-bond donors (Lipinski definition) is 1. The summed E-state index contributed by atoms with van der Waals surface area (Å²) < 4.78 is 1.81. The summed E-state index contributed by atoms with van der Waals surface area (Å²) in [6, 6.07) is 2.45. The molecule has 1 N–H and O–H groups in total. The summed E-state index contributed by atoms with van der Waals surface area (Å²) >= 11 is 0. The van der Waals surface area contributed by atoms with Gasteiger partial charge in [-0.05, 0) is 25.8 Å². The molecule has 1 aliphatic rings. The zero-order valence-corrected chi connectivity index (χ0v) is 12.5. The molecule has 1 aromatic rings. The number of aryl methyl sites for hydroxylation is 1. The lowest BCUT2D eigenvalue weighted by atomic mass is 10.1. The van der Waals surface area contributed by atoms with Crippen LogP contribution in [0, 0.1) is 0 Å². The molecule has 1 aliphatic heterocycles. The van der Waals surface area contributed by atoms with Crippen molar-refractivity contribution in [3.63, 3.8) is 0 Å². The van der Waals surface area contributed by atoms with Crippen LogP contribution < -0.4 is 5.32 Å². The standard InChI is InChI=1S/C14H24N4O/c1-9(2)13-8-12(16-17(13)5)14(19)18-7-6-15-10(3)11(18)4/h8-11,15H,6-7H2,1-5H3. The average molecular weight is 264 g/mol. The summed E-state index contributed by atoms with van der Waals surface area (Å²) in [5.41, 5.74) is 1.66. The number of carbonyl (C=O) groups excluding carboxylic acids is 1. The van der Waals surface area contributed by atoms with Crippen LogP contribution in [0.1, 0.15) is 49.8 Å². The number of hydrogen-bond acceptors (Lipinski definition) is 3. The van der Waals surface area contributed by atoms with Gasteiger partial charge in [0.25, 0.3) is 5.91 Å². The largest absolute Gasteiger partial charge is 0.332 e. The summed E-state index contributed by atoms with van der Waals surface area (Å²) in [5.74, 6) is 0.418. The molecule has 0 spiro atoms. The molecule has 106 valence electrons. The van der Waals surface area contributed by atoms with Crippen molar-refractivity contribution >= 4 is 5.91 Å². The van der Waals surface area contributed by atoms with Crippen molar-refractivity contribution in [1.29, 1.82) is 0 Å². The van der Waals surface area contributed by atoms with E-state index in [1.165, 1.54) is 0 Å². The molecule has 0 radical (unpaired) electrons. The summed E-state index contributed by atoms with van der Waals surface area (Å²) in [4.78, 5) is 14.5. The van der Waals surface area contributed by atoms with Gasteiger partial charge >= 0.3 is 0 Å². The molecular weight excluding hydrogens is 240 g/mol. The van der Waals surface area contributed by atoms with Crippen LogP contribution in [0.15, 0.2) is 6.07 Å². The fourth-order valence-electron chi connectivity index (χ4n) is 2.62. The predicted molar refractivity (Wildman–Crippen MR) is 75.3 cm³/mol. The van der Waals surface area contributed by atoms with Gasteiger partial charge in [0.1, 0.15) is 0 Å². The van der Waals surface area contributed by atoms with Gasteiger partial charge < -0.3 is 10.2 Å². The van der Waals surface area contributed by atoms with Crippen LogP contribution in [-0.4, -0.2) is 45.8 Å². The second-order valence-electron chi connectivity index (χ2n) is 5.71. The smallest absolute Gasteiger partial charge is 0.274 e. The van der Waals surface area contributed by atoms with Crippen molar-refractivity contribution in [2.75, 3.05) is 13.1 Å². The van der Waals surface area contributed by atoms with E-state index in [0.717, 1.165) is 18.8 Å². The van der Waals surface area contributed by atoms with Crippen molar-refractivity contribution in [3.05, 3.63) is 17.5 Å². The zero-order valence-electron chi connectivity index (χ0n) is 12.5. The Morgan fingerprint density at radius 1 is 1.47 bits per heavy atom. The highest BCUT2D eigenvalue weighted by molar-refractivity contribution is 5.92. The molecule has 2 rings (SSSR count). The van der Waals surface area contributed by atoms with Crippen LogP contribution in [0.25, 0.3) is 0 Å².